The van der Waals surface area contributed by atoms with Crippen LogP contribution in [0.5, 0.6) is 5.75 Å². The molecule has 3 aromatic carbocycles. The fourth-order valence-corrected chi connectivity index (χ4v) is 6.03. The number of ether oxygens (including phenoxy) is 2. The van der Waals surface area contributed by atoms with Crippen LogP contribution in [0.4, 0.5) is 5.69 Å². The van der Waals surface area contributed by atoms with Gasteiger partial charge in [-0.3, -0.25) is 10.1 Å². The Morgan fingerprint density at radius 3 is 2.31 bits per heavy atom. The number of non-ortho nitro benzene ring substituents is 1. The number of rotatable bonds is 15. The van der Waals surface area contributed by atoms with E-state index in [2.05, 4.69) is 45.9 Å². The third kappa shape index (κ3) is 8.42. The van der Waals surface area contributed by atoms with Gasteiger partial charge in [0.15, 0.2) is 0 Å². The summed E-state index contributed by atoms with van der Waals surface area (Å²) in [7, 11) is -3.92. The van der Waals surface area contributed by atoms with Gasteiger partial charge in [-0.1, -0.05) is 62.4 Å². The summed E-state index contributed by atoms with van der Waals surface area (Å²) >= 11 is 0. The van der Waals surface area contributed by atoms with Crippen LogP contribution in [0.1, 0.15) is 61.6 Å². The number of nitrogens with zero attached hydrogens (tertiary/aromatic N) is 3. The standard InChI is InChI=1S/C34H43N3O7S/c1-7-42-31-17-16-30(37(38)39)21-29(31)22-35-18-19-36(34(35)44-45(40,41)8-2)32(24(3)4)33(28-12-10-9-11-13-28)43-23-27-15-14-25(5)26(6)20-27/h9-21,24,32-34H,7-8,22-23H2,1-6H3. The minimum atomic E-state index is -3.92. The molecular weight excluding hydrogens is 594 g/mol. The monoisotopic (exact) mass is 637 g/mol. The summed E-state index contributed by atoms with van der Waals surface area (Å²) in [6.07, 6.45) is 2.05. The molecule has 4 rings (SSSR count). The van der Waals surface area contributed by atoms with Crippen LogP contribution >= 0.6 is 0 Å². The van der Waals surface area contributed by atoms with Crippen LogP contribution in [0.25, 0.3) is 0 Å². The number of hydrogen-bond donors (Lipinski definition) is 0. The van der Waals surface area contributed by atoms with Crippen LogP contribution in [0.15, 0.2) is 79.1 Å². The second-order valence-electron chi connectivity index (χ2n) is 11.5. The molecule has 242 valence electrons. The Morgan fingerprint density at radius 2 is 1.69 bits per heavy atom. The molecular formula is C34H43N3O7S. The molecule has 0 N–H and O–H groups in total. The van der Waals surface area contributed by atoms with Gasteiger partial charge in [0.2, 0.25) is 6.35 Å². The number of benzene rings is 3. The Morgan fingerprint density at radius 1 is 0.956 bits per heavy atom. The van der Waals surface area contributed by atoms with Gasteiger partial charge in [0.1, 0.15) is 11.9 Å². The van der Waals surface area contributed by atoms with E-state index in [1.165, 1.54) is 30.2 Å². The SMILES string of the molecule is CCOc1ccc([N+](=O)[O-])cc1CN1C=CN(C(C(C)C)C(OCc2ccc(C)c(C)c2)c2ccccc2)C1OS(=O)(=O)CC. The highest BCUT2D eigenvalue weighted by Gasteiger charge is 2.41. The van der Waals surface area contributed by atoms with Crippen LogP contribution in [-0.4, -0.2) is 47.9 Å². The van der Waals surface area contributed by atoms with Crippen molar-refractivity contribution >= 4 is 15.8 Å². The quantitative estimate of drug-likeness (QED) is 0.101. The fourth-order valence-electron chi connectivity index (χ4n) is 5.42. The summed E-state index contributed by atoms with van der Waals surface area (Å²) in [6, 6.07) is 20.2. The van der Waals surface area contributed by atoms with Gasteiger partial charge in [0, 0.05) is 30.1 Å². The van der Waals surface area contributed by atoms with Crippen molar-refractivity contribution in [2.24, 2.45) is 5.92 Å². The lowest BCUT2D eigenvalue weighted by Crippen LogP contribution is -2.51. The van der Waals surface area contributed by atoms with E-state index >= 15 is 0 Å². The summed E-state index contributed by atoms with van der Waals surface area (Å²) < 4.78 is 44.3. The van der Waals surface area contributed by atoms with Crippen molar-refractivity contribution in [3.63, 3.8) is 0 Å². The second kappa shape index (κ2) is 14.9. The zero-order valence-electron chi connectivity index (χ0n) is 26.8. The van der Waals surface area contributed by atoms with Crippen LogP contribution < -0.4 is 4.74 Å². The molecule has 1 aliphatic rings. The van der Waals surface area contributed by atoms with Gasteiger partial charge in [-0.05, 0) is 61.9 Å². The lowest BCUT2D eigenvalue weighted by molar-refractivity contribution is -0.385. The zero-order chi connectivity index (χ0) is 32.7. The maximum absolute atomic E-state index is 13.0. The van der Waals surface area contributed by atoms with Gasteiger partial charge < -0.3 is 19.3 Å². The normalized spacial score (nSPS) is 16.3. The first kappa shape index (κ1) is 34.0. The number of aryl methyl sites for hydroxylation is 2. The van der Waals surface area contributed by atoms with Crippen molar-refractivity contribution in [2.45, 2.75) is 73.2 Å². The van der Waals surface area contributed by atoms with Crippen molar-refractivity contribution in [3.8, 4) is 5.75 Å². The average molecular weight is 638 g/mol. The molecule has 0 spiro atoms. The van der Waals surface area contributed by atoms with Crippen LogP contribution in [0.3, 0.4) is 0 Å². The lowest BCUT2D eigenvalue weighted by Gasteiger charge is -2.42. The fraction of sp³-hybridized carbons (Fsp3) is 0.412. The van der Waals surface area contributed by atoms with Gasteiger partial charge in [0.25, 0.3) is 15.8 Å². The average Bonchev–Trinajstić information content (AvgIpc) is 3.38. The van der Waals surface area contributed by atoms with Gasteiger partial charge in [-0.2, -0.15) is 8.42 Å². The highest BCUT2D eigenvalue weighted by atomic mass is 32.2. The number of nitro groups is 1. The summed E-state index contributed by atoms with van der Waals surface area (Å²) in [5.41, 5.74) is 4.81. The first-order valence-electron chi connectivity index (χ1n) is 15.2. The van der Waals surface area contributed by atoms with Crippen LogP contribution in [-0.2, 0) is 32.2 Å². The molecule has 3 aromatic rings. The van der Waals surface area contributed by atoms with Gasteiger partial charge in [-0.15, -0.1) is 0 Å². The van der Waals surface area contributed by atoms with E-state index < -0.39 is 27.5 Å². The maximum Gasteiger partial charge on any atom is 0.270 e. The highest BCUT2D eigenvalue weighted by molar-refractivity contribution is 7.86. The molecule has 0 amide bonds. The molecule has 0 bridgehead atoms. The molecule has 0 saturated heterocycles. The van der Waals surface area contributed by atoms with Crippen LogP contribution in [0, 0.1) is 29.9 Å². The molecule has 3 unspecified atom stereocenters. The predicted octanol–water partition coefficient (Wildman–Crippen LogP) is 6.83. The molecule has 3 atom stereocenters. The summed E-state index contributed by atoms with van der Waals surface area (Å²) in [5, 5.41) is 11.6. The summed E-state index contributed by atoms with van der Waals surface area (Å²) in [4.78, 5) is 14.7. The first-order chi connectivity index (χ1) is 21.4. The van der Waals surface area contributed by atoms with E-state index in [0.29, 0.717) is 24.5 Å². The Hall–Kier alpha value is -3.93. The number of hydrogen-bond acceptors (Lipinski definition) is 9. The first-order valence-corrected chi connectivity index (χ1v) is 16.8. The minimum Gasteiger partial charge on any atom is -0.494 e. The van der Waals surface area contributed by atoms with Crippen LogP contribution in [0.2, 0.25) is 0 Å². The van der Waals surface area contributed by atoms with Gasteiger partial charge >= 0.3 is 0 Å². The van der Waals surface area contributed by atoms with Gasteiger partial charge in [-0.25, -0.2) is 4.18 Å². The summed E-state index contributed by atoms with van der Waals surface area (Å²) in [6.45, 7) is 12.5. The molecule has 0 aromatic heterocycles. The van der Waals surface area contributed by atoms with Crippen molar-refractivity contribution < 1.29 is 27.0 Å². The van der Waals surface area contributed by atoms with E-state index in [4.69, 9.17) is 13.7 Å². The smallest absolute Gasteiger partial charge is 0.270 e. The molecule has 1 heterocycles. The number of nitro benzene ring substituents is 1. The topological polar surface area (TPSA) is 111 Å². The van der Waals surface area contributed by atoms with E-state index in [1.54, 1.807) is 17.2 Å². The van der Waals surface area contributed by atoms with E-state index in [0.717, 1.165) is 11.1 Å². The third-order valence-corrected chi connectivity index (χ3v) is 9.10. The molecule has 11 heteroatoms. The van der Waals surface area contributed by atoms with Crippen molar-refractivity contribution in [2.75, 3.05) is 12.4 Å². The predicted molar refractivity (Wildman–Crippen MR) is 174 cm³/mol. The molecule has 0 fully saturated rings. The Balaban J connectivity index is 1.73. The largest absolute Gasteiger partial charge is 0.494 e. The van der Waals surface area contributed by atoms with Gasteiger partial charge in [0.05, 0.1) is 36.5 Å². The molecule has 1 aliphatic heterocycles. The highest BCUT2D eigenvalue weighted by Crippen LogP contribution is 2.37. The molecule has 45 heavy (non-hydrogen) atoms. The van der Waals surface area contributed by atoms with Crippen molar-refractivity contribution in [1.29, 1.82) is 0 Å². The molecule has 0 radical (unpaired) electrons. The van der Waals surface area contributed by atoms with Crippen molar-refractivity contribution in [3.05, 3.63) is 117 Å². The molecule has 0 saturated carbocycles. The Kier molecular flexibility index (Phi) is 11.2. The minimum absolute atomic E-state index is 0.00760. The summed E-state index contributed by atoms with van der Waals surface area (Å²) in [5.74, 6) is 0.252. The second-order valence-corrected chi connectivity index (χ2v) is 13.3. The Bertz CT molecular complexity index is 1590. The van der Waals surface area contributed by atoms with E-state index in [9.17, 15) is 18.5 Å². The zero-order valence-corrected chi connectivity index (χ0v) is 27.6. The van der Waals surface area contributed by atoms with Crippen molar-refractivity contribution in [1.82, 2.24) is 9.80 Å². The third-order valence-electron chi connectivity index (χ3n) is 7.93. The molecule has 0 aliphatic carbocycles. The van der Waals surface area contributed by atoms with E-state index in [-0.39, 0.29) is 29.9 Å². The Labute approximate surface area is 266 Å². The maximum atomic E-state index is 13.0. The molecule has 10 nitrogen and oxygen atoms in total. The lowest BCUT2D eigenvalue weighted by atomic mass is 9.92. The van der Waals surface area contributed by atoms with E-state index in [1.807, 2.05) is 48.4 Å².